The lowest BCUT2D eigenvalue weighted by atomic mass is 10.2. The molecule has 4 nitrogen and oxygen atoms in total. The standard InChI is InChI=1S/C11H17FN2O2S2/c1-8(7-17-2)6-14-18(15,16)11-4-3-9(13)5-10(11)12/h3-5,8,14H,6-7,13H2,1-2H3. The monoisotopic (exact) mass is 292 g/mol. The van der Waals surface area contributed by atoms with Crippen molar-refractivity contribution >= 4 is 27.5 Å². The van der Waals surface area contributed by atoms with Gasteiger partial charge in [-0.1, -0.05) is 6.92 Å². The van der Waals surface area contributed by atoms with Gasteiger partial charge in [-0.3, -0.25) is 0 Å². The Morgan fingerprint density at radius 1 is 1.50 bits per heavy atom. The van der Waals surface area contributed by atoms with E-state index in [9.17, 15) is 12.8 Å². The summed E-state index contributed by atoms with van der Waals surface area (Å²) >= 11 is 1.64. The Balaban J connectivity index is 2.80. The van der Waals surface area contributed by atoms with Crippen LogP contribution in [0.2, 0.25) is 0 Å². The number of anilines is 1. The summed E-state index contributed by atoms with van der Waals surface area (Å²) in [4.78, 5) is -0.368. The molecule has 1 aromatic rings. The fraction of sp³-hybridized carbons (Fsp3) is 0.455. The predicted octanol–water partition coefficient (Wildman–Crippen LogP) is 1.69. The summed E-state index contributed by atoms with van der Waals surface area (Å²) in [6, 6.07) is 3.54. The van der Waals surface area contributed by atoms with Crippen molar-refractivity contribution in [3.05, 3.63) is 24.0 Å². The SMILES string of the molecule is CSCC(C)CNS(=O)(=O)c1ccc(N)cc1F. The van der Waals surface area contributed by atoms with Gasteiger partial charge in [0.1, 0.15) is 10.7 Å². The molecule has 102 valence electrons. The summed E-state index contributed by atoms with van der Waals surface area (Å²) in [5.74, 6) is 0.193. The Kier molecular flexibility index (Phi) is 5.43. The van der Waals surface area contributed by atoms with Crippen LogP contribution in [0.4, 0.5) is 10.1 Å². The van der Waals surface area contributed by atoms with Gasteiger partial charge in [-0.15, -0.1) is 0 Å². The van der Waals surface area contributed by atoms with Gasteiger partial charge in [0.25, 0.3) is 0 Å². The average molecular weight is 292 g/mol. The van der Waals surface area contributed by atoms with Crippen LogP contribution < -0.4 is 10.5 Å². The first kappa shape index (κ1) is 15.3. The van der Waals surface area contributed by atoms with Crippen molar-refractivity contribution in [2.24, 2.45) is 5.92 Å². The second-order valence-corrected chi connectivity index (χ2v) is 6.75. The van der Waals surface area contributed by atoms with Crippen molar-refractivity contribution in [3.8, 4) is 0 Å². The van der Waals surface area contributed by atoms with Crippen LogP contribution in [0.15, 0.2) is 23.1 Å². The van der Waals surface area contributed by atoms with E-state index in [1.807, 2.05) is 13.2 Å². The molecule has 3 N–H and O–H groups in total. The lowest BCUT2D eigenvalue weighted by molar-refractivity contribution is 0.545. The minimum atomic E-state index is -3.81. The summed E-state index contributed by atoms with van der Waals surface area (Å²) in [5, 5.41) is 0. The third-order valence-corrected chi connectivity index (χ3v) is 4.68. The molecule has 0 amide bonds. The van der Waals surface area contributed by atoms with Gasteiger partial charge in [-0.05, 0) is 36.1 Å². The van der Waals surface area contributed by atoms with E-state index in [1.54, 1.807) is 11.8 Å². The number of nitrogens with one attached hydrogen (secondary N) is 1. The van der Waals surface area contributed by atoms with E-state index in [1.165, 1.54) is 12.1 Å². The van der Waals surface area contributed by atoms with Gasteiger partial charge < -0.3 is 5.73 Å². The molecular weight excluding hydrogens is 275 g/mol. The summed E-state index contributed by atoms with van der Waals surface area (Å²) in [6.45, 7) is 2.21. The maximum Gasteiger partial charge on any atom is 0.243 e. The van der Waals surface area contributed by atoms with Gasteiger partial charge in [-0.25, -0.2) is 17.5 Å². The molecule has 0 spiro atoms. The summed E-state index contributed by atoms with van der Waals surface area (Å²) in [5.41, 5.74) is 5.57. The molecule has 1 aromatic carbocycles. The molecule has 0 bridgehead atoms. The van der Waals surface area contributed by atoms with Gasteiger partial charge in [0.05, 0.1) is 0 Å². The number of sulfonamides is 1. The molecule has 0 aliphatic rings. The molecular formula is C11H17FN2O2S2. The van der Waals surface area contributed by atoms with Crippen molar-refractivity contribution in [3.63, 3.8) is 0 Å². The van der Waals surface area contributed by atoms with Gasteiger partial charge in [-0.2, -0.15) is 11.8 Å². The van der Waals surface area contributed by atoms with Crippen LogP contribution in [0, 0.1) is 11.7 Å². The number of rotatable bonds is 6. The summed E-state index contributed by atoms with van der Waals surface area (Å²) < 4.78 is 39.7. The number of nitrogens with two attached hydrogens (primary N) is 1. The number of nitrogen functional groups attached to an aromatic ring is 1. The van der Waals surface area contributed by atoms with Crippen molar-refractivity contribution in [1.82, 2.24) is 4.72 Å². The maximum atomic E-state index is 13.5. The first-order valence-electron chi connectivity index (χ1n) is 5.40. The lowest BCUT2D eigenvalue weighted by Crippen LogP contribution is -2.29. The first-order chi connectivity index (χ1) is 8.36. The Labute approximate surface area is 111 Å². The zero-order valence-electron chi connectivity index (χ0n) is 10.3. The van der Waals surface area contributed by atoms with Gasteiger partial charge in [0, 0.05) is 12.2 Å². The molecule has 0 aliphatic carbocycles. The van der Waals surface area contributed by atoms with E-state index in [4.69, 9.17) is 5.73 Å². The minimum absolute atomic E-state index is 0.187. The van der Waals surface area contributed by atoms with Crippen LogP contribution in [0.1, 0.15) is 6.92 Å². The van der Waals surface area contributed by atoms with E-state index in [2.05, 4.69) is 4.72 Å². The second kappa shape index (κ2) is 6.40. The Bertz CT molecular complexity index is 506. The van der Waals surface area contributed by atoms with Crippen LogP contribution in [0.3, 0.4) is 0 Å². The molecule has 18 heavy (non-hydrogen) atoms. The van der Waals surface area contributed by atoms with Crippen molar-refractivity contribution < 1.29 is 12.8 Å². The average Bonchev–Trinajstić information content (AvgIpc) is 2.26. The van der Waals surface area contributed by atoms with E-state index < -0.39 is 15.8 Å². The topological polar surface area (TPSA) is 72.2 Å². The van der Waals surface area contributed by atoms with Crippen molar-refractivity contribution in [2.45, 2.75) is 11.8 Å². The highest BCUT2D eigenvalue weighted by molar-refractivity contribution is 7.98. The van der Waals surface area contributed by atoms with Crippen LogP contribution >= 0.6 is 11.8 Å². The van der Waals surface area contributed by atoms with Crippen LogP contribution in [-0.2, 0) is 10.0 Å². The lowest BCUT2D eigenvalue weighted by Gasteiger charge is -2.12. The van der Waals surface area contributed by atoms with Crippen LogP contribution in [0.25, 0.3) is 0 Å². The highest BCUT2D eigenvalue weighted by atomic mass is 32.2. The van der Waals surface area contributed by atoms with E-state index in [0.29, 0.717) is 0 Å². The highest BCUT2D eigenvalue weighted by Gasteiger charge is 2.19. The van der Waals surface area contributed by atoms with E-state index >= 15 is 0 Å². The quantitative estimate of drug-likeness (QED) is 0.783. The smallest absolute Gasteiger partial charge is 0.243 e. The van der Waals surface area contributed by atoms with Crippen molar-refractivity contribution in [2.75, 3.05) is 24.3 Å². The molecule has 1 atom stereocenters. The molecule has 7 heteroatoms. The minimum Gasteiger partial charge on any atom is -0.399 e. The van der Waals surface area contributed by atoms with Crippen LogP contribution in [0.5, 0.6) is 0 Å². The van der Waals surface area contributed by atoms with Crippen LogP contribution in [-0.4, -0.2) is 27.0 Å². The number of thioether (sulfide) groups is 1. The number of hydrogen-bond acceptors (Lipinski definition) is 4. The zero-order valence-corrected chi connectivity index (χ0v) is 11.9. The highest BCUT2D eigenvalue weighted by Crippen LogP contribution is 2.17. The molecule has 0 aromatic heterocycles. The first-order valence-corrected chi connectivity index (χ1v) is 8.28. The largest absolute Gasteiger partial charge is 0.399 e. The van der Waals surface area contributed by atoms with Gasteiger partial charge >= 0.3 is 0 Å². The molecule has 0 aliphatic heterocycles. The fourth-order valence-corrected chi connectivity index (χ4v) is 3.32. The molecule has 0 radical (unpaired) electrons. The number of hydrogen-bond donors (Lipinski definition) is 2. The third kappa shape index (κ3) is 4.15. The molecule has 1 rings (SSSR count). The normalized spacial score (nSPS) is 13.5. The van der Waals surface area contributed by atoms with Gasteiger partial charge in [0.2, 0.25) is 10.0 Å². The number of halogens is 1. The van der Waals surface area contributed by atoms with E-state index in [-0.39, 0.29) is 23.0 Å². The third-order valence-electron chi connectivity index (χ3n) is 2.32. The Hall–Kier alpha value is -0.790. The summed E-state index contributed by atoms with van der Waals surface area (Å²) in [6.07, 6.45) is 1.95. The van der Waals surface area contributed by atoms with Gasteiger partial charge in [0.15, 0.2) is 0 Å². The summed E-state index contributed by atoms with van der Waals surface area (Å²) in [7, 11) is -3.81. The molecule has 0 saturated carbocycles. The molecule has 1 unspecified atom stereocenters. The number of benzene rings is 1. The fourth-order valence-electron chi connectivity index (χ4n) is 1.41. The zero-order chi connectivity index (χ0) is 13.8. The Morgan fingerprint density at radius 2 is 2.17 bits per heavy atom. The maximum absolute atomic E-state index is 13.5. The molecule has 0 saturated heterocycles. The van der Waals surface area contributed by atoms with Crippen molar-refractivity contribution in [1.29, 1.82) is 0 Å². The molecule has 0 fully saturated rings. The Morgan fingerprint density at radius 3 is 2.72 bits per heavy atom. The molecule has 0 heterocycles. The second-order valence-electron chi connectivity index (χ2n) is 4.10. The van der Waals surface area contributed by atoms with E-state index in [0.717, 1.165) is 11.8 Å². The predicted molar refractivity (Wildman–Crippen MR) is 73.5 cm³/mol.